The van der Waals surface area contributed by atoms with Crippen molar-refractivity contribution in [2.75, 3.05) is 0 Å². The van der Waals surface area contributed by atoms with Crippen LogP contribution in [0.2, 0.25) is 0 Å². The molecule has 0 radical (unpaired) electrons. The second-order valence-electron chi connectivity index (χ2n) is 4.56. The summed E-state index contributed by atoms with van der Waals surface area (Å²) in [5.74, 6) is 2.95. The zero-order chi connectivity index (χ0) is 9.38. The third kappa shape index (κ3) is 1.21. The van der Waals surface area contributed by atoms with Gasteiger partial charge in [-0.2, -0.15) is 0 Å². The molecule has 3 rings (SSSR count). The summed E-state index contributed by atoms with van der Waals surface area (Å²) >= 11 is 0. The zero-order valence-corrected chi connectivity index (χ0v) is 8.34. The second kappa shape index (κ2) is 3.27. The lowest BCUT2D eigenvalue weighted by atomic mass is 9.66. The minimum absolute atomic E-state index is 0.656. The fourth-order valence-electron chi connectivity index (χ4n) is 3.01. The maximum Gasteiger partial charge on any atom is 0.00186 e. The van der Waals surface area contributed by atoms with Crippen LogP contribution < -0.4 is 0 Å². The van der Waals surface area contributed by atoms with Crippen LogP contribution in [0, 0.1) is 23.7 Å². The van der Waals surface area contributed by atoms with Crippen molar-refractivity contribution in [2.45, 2.75) is 12.8 Å². The summed E-state index contributed by atoms with van der Waals surface area (Å²) in [6.45, 7) is 0. The molecule has 3 aliphatic rings. The Balaban J connectivity index is 1.96. The predicted molar refractivity (Wildman–Crippen MR) is 59.8 cm³/mol. The quantitative estimate of drug-likeness (QED) is 0.505. The van der Waals surface area contributed by atoms with Gasteiger partial charge in [-0.25, -0.2) is 0 Å². The van der Waals surface area contributed by atoms with Crippen LogP contribution >= 0.6 is 0 Å². The molecule has 0 aliphatic heterocycles. The number of fused-ring (bicyclic) bond motifs is 3. The Kier molecular flexibility index (Phi) is 1.93. The molecule has 0 aromatic carbocycles. The minimum atomic E-state index is 0.656. The number of hydrogen-bond acceptors (Lipinski definition) is 0. The molecule has 0 amide bonds. The van der Waals surface area contributed by atoms with Gasteiger partial charge < -0.3 is 0 Å². The average Bonchev–Trinajstić information content (AvgIpc) is 2.29. The van der Waals surface area contributed by atoms with E-state index < -0.39 is 0 Å². The summed E-state index contributed by atoms with van der Waals surface area (Å²) < 4.78 is 0. The molecular formula is C14H16. The first-order chi connectivity index (χ1) is 6.95. The molecule has 72 valence electrons. The van der Waals surface area contributed by atoms with E-state index in [1.165, 1.54) is 12.8 Å². The molecule has 4 unspecified atom stereocenters. The average molecular weight is 184 g/mol. The fraction of sp³-hybridized carbons (Fsp3) is 0.429. The molecule has 0 saturated carbocycles. The first-order valence-electron chi connectivity index (χ1n) is 5.65. The standard InChI is InChI=1S/C14H16/c1-3-7-13-11(5-1)9-10-12-6-2-4-8-14(12)13/h1,3-5,7-14H,2,6H2. The molecule has 0 heterocycles. The summed E-state index contributed by atoms with van der Waals surface area (Å²) in [6.07, 6.45) is 21.4. The van der Waals surface area contributed by atoms with Crippen LogP contribution in [-0.2, 0) is 0 Å². The van der Waals surface area contributed by atoms with E-state index in [2.05, 4.69) is 48.6 Å². The lowest BCUT2D eigenvalue weighted by molar-refractivity contribution is 0.292. The van der Waals surface area contributed by atoms with Crippen LogP contribution in [0.1, 0.15) is 12.8 Å². The highest BCUT2D eigenvalue weighted by molar-refractivity contribution is 5.26. The fourth-order valence-corrected chi connectivity index (χ4v) is 3.01. The second-order valence-corrected chi connectivity index (χ2v) is 4.56. The normalized spacial score (nSPS) is 43.4. The first kappa shape index (κ1) is 8.28. The van der Waals surface area contributed by atoms with E-state index in [0.29, 0.717) is 5.92 Å². The van der Waals surface area contributed by atoms with E-state index in [1.807, 2.05) is 0 Å². The van der Waals surface area contributed by atoms with Gasteiger partial charge in [0.2, 0.25) is 0 Å². The molecule has 0 saturated heterocycles. The Bertz CT molecular complexity index is 330. The summed E-state index contributed by atoms with van der Waals surface area (Å²) in [5.41, 5.74) is 0. The molecule has 0 N–H and O–H groups in total. The maximum absolute atomic E-state index is 2.44. The van der Waals surface area contributed by atoms with Crippen molar-refractivity contribution >= 4 is 0 Å². The lowest BCUT2D eigenvalue weighted by Gasteiger charge is -2.38. The smallest absolute Gasteiger partial charge is 0.00186 e. The van der Waals surface area contributed by atoms with Crippen molar-refractivity contribution in [3.05, 3.63) is 48.6 Å². The van der Waals surface area contributed by atoms with Crippen LogP contribution in [0.5, 0.6) is 0 Å². The zero-order valence-electron chi connectivity index (χ0n) is 8.34. The van der Waals surface area contributed by atoms with Gasteiger partial charge in [0.15, 0.2) is 0 Å². The highest BCUT2D eigenvalue weighted by Gasteiger charge is 2.33. The van der Waals surface area contributed by atoms with Gasteiger partial charge in [-0.1, -0.05) is 48.6 Å². The SMILES string of the molecule is C1=CC2C=CC3CCC=CC3C2C=C1. The highest BCUT2D eigenvalue weighted by Crippen LogP contribution is 2.42. The summed E-state index contributed by atoms with van der Waals surface area (Å²) in [6, 6.07) is 0. The molecule has 0 aromatic rings. The molecule has 0 heteroatoms. The number of hydrogen-bond donors (Lipinski definition) is 0. The van der Waals surface area contributed by atoms with Gasteiger partial charge in [-0.05, 0) is 30.6 Å². The van der Waals surface area contributed by atoms with Crippen molar-refractivity contribution in [1.29, 1.82) is 0 Å². The molecule has 0 bridgehead atoms. The molecule has 0 nitrogen and oxygen atoms in total. The summed E-state index contributed by atoms with van der Waals surface area (Å²) in [5, 5.41) is 0. The van der Waals surface area contributed by atoms with E-state index in [1.54, 1.807) is 0 Å². The molecule has 4 atom stereocenters. The van der Waals surface area contributed by atoms with Gasteiger partial charge in [0, 0.05) is 5.92 Å². The van der Waals surface area contributed by atoms with Crippen LogP contribution in [-0.4, -0.2) is 0 Å². The van der Waals surface area contributed by atoms with Gasteiger partial charge in [0.05, 0.1) is 0 Å². The third-order valence-electron chi connectivity index (χ3n) is 3.77. The van der Waals surface area contributed by atoms with Gasteiger partial charge >= 0.3 is 0 Å². The largest absolute Gasteiger partial charge is 0.0882 e. The monoisotopic (exact) mass is 184 g/mol. The Labute approximate surface area is 85.7 Å². The van der Waals surface area contributed by atoms with Gasteiger partial charge in [0.1, 0.15) is 0 Å². The van der Waals surface area contributed by atoms with E-state index in [-0.39, 0.29) is 0 Å². The molecule has 0 fully saturated rings. The van der Waals surface area contributed by atoms with Crippen molar-refractivity contribution < 1.29 is 0 Å². The Morgan fingerprint density at radius 2 is 1.71 bits per heavy atom. The van der Waals surface area contributed by atoms with Crippen molar-refractivity contribution in [3.63, 3.8) is 0 Å². The Morgan fingerprint density at radius 3 is 2.71 bits per heavy atom. The topological polar surface area (TPSA) is 0 Å². The van der Waals surface area contributed by atoms with Gasteiger partial charge in [-0.15, -0.1) is 0 Å². The Morgan fingerprint density at radius 1 is 0.786 bits per heavy atom. The lowest BCUT2D eigenvalue weighted by Crippen LogP contribution is -2.30. The first-order valence-corrected chi connectivity index (χ1v) is 5.65. The van der Waals surface area contributed by atoms with Crippen LogP contribution in [0.25, 0.3) is 0 Å². The van der Waals surface area contributed by atoms with E-state index >= 15 is 0 Å². The van der Waals surface area contributed by atoms with Crippen molar-refractivity contribution in [1.82, 2.24) is 0 Å². The molecule has 3 aliphatic carbocycles. The highest BCUT2D eigenvalue weighted by atomic mass is 14.4. The number of allylic oxidation sites excluding steroid dienone is 8. The molecule has 0 spiro atoms. The minimum Gasteiger partial charge on any atom is -0.0882 e. The summed E-state index contributed by atoms with van der Waals surface area (Å²) in [4.78, 5) is 0. The third-order valence-corrected chi connectivity index (χ3v) is 3.77. The molecule has 0 aromatic heterocycles. The van der Waals surface area contributed by atoms with Crippen molar-refractivity contribution in [2.24, 2.45) is 23.7 Å². The van der Waals surface area contributed by atoms with Crippen LogP contribution in [0.4, 0.5) is 0 Å². The van der Waals surface area contributed by atoms with E-state index in [4.69, 9.17) is 0 Å². The summed E-state index contributed by atoms with van der Waals surface area (Å²) in [7, 11) is 0. The molecular weight excluding hydrogens is 168 g/mol. The van der Waals surface area contributed by atoms with Gasteiger partial charge in [0.25, 0.3) is 0 Å². The van der Waals surface area contributed by atoms with E-state index in [0.717, 1.165) is 17.8 Å². The maximum atomic E-state index is 2.44. The molecule has 14 heavy (non-hydrogen) atoms. The van der Waals surface area contributed by atoms with Gasteiger partial charge in [-0.3, -0.25) is 0 Å². The van der Waals surface area contributed by atoms with E-state index in [9.17, 15) is 0 Å². The van der Waals surface area contributed by atoms with Crippen molar-refractivity contribution in [3.8, 4) is 0 Å². The predicted octanol–water partition coefficient (Wildman–Crippen LogP) is 3.50. The van der Waals surface area contributed by atoms with Crippen LogP contribution in [0.15, 0.2) is 48.6 Å². The number of rotatable bonds is 0. The van der Waals surface area contributed by atoms with Crippen LogP contribution in [0.3, 0.4) is 0 Å². The Hall–Kier alpha value is -1.04.